The fourth-order valence-corrected chi connectivity index (χ4v) is 6.27. The smallest absolute Gasteiger partial charge is 0.412 e. The average molecular weight is 601 g/mol. The maximum atomic E-state index is 12.8. The Morgan fingerprint density at radius 2 is 2.19 bits per heavy atom. The van der Waals surface area contributed by atoms with Gasteiger partial charge in [-0.1, -0.05) is 0 Å². The van der Waals surface area contributed by atoms with Crippen LogP contribution in [0.1, 0.15) is 18.4 Å². The van der Waals surface area contributed by atoms with Crippen molar-refractivity contribution >= 4 is 51.9 Å². The number of cyclic esters (lactones) is 1. The van der Waals surface area contributed by atoms with Crippen LogP contribution in [-0.4, -0.2) is 79.3 Å². The number of aromatic nitrogens is 6. The molecule has 0 bridgehead atoms. The second-order valence-electron chi connectivity index (χ2n) is 10.1. The van der Waals surface area contributed by atoms with Crippen molar-refractivity contribution < 1.29 is 23.8 Å². The number of carbonyl (C=O) groups is 2. The zero-order valence-corrected chi connectivity index (χ0v) is 24.1. The highest BCUT2D eigenvalue weighted by atomic mass is 32.2. The van der Waals surface area contributed by atoms with Crippen molar-refractivity contribution in [1.29, 1.82) is 0 Å². The summed E-state index contributed by atoms with van der Waals surface area (Å²) in [6.07, 6.45) is 8.89. The van der Waals surface area contributed by atoms with Crippen molar-refractivity contribution in [3.63, 3.8) is 0 Å². The number of hydrogen-bond donors (Lipinski definition) is 2. The number of carbonyl (C=O) groups excluding carboxylic acids is 2. The zero-order valence-electron chi connectivity index (χ0n) is 23.3. The lowest BCUT2D eigenvalue weighted by Crippen LogP contribution is -2.17. The Labute approximate surface area is 249 Å². The van der Waals surface area contributed by atoms with E-state index in [1.807, 2.05) is 24.4 Å². The zero-order chi connectivity index (χ0) is 29.3. The minimum atomic E-state index is -0.654. The summed E-state index contributed by atoms with van der Waals surface area (Å²) in [4.78, 5) is 33.7. The Hall–Kier alpha value is -4.85. The van der Waals surface area contributed by atoms with Crippen LogP contribution in [0.15, 0.2) is 49.1 Å². The Kier molecular flexibility index (Phi) is 7.19. The van der Waals surface area contributed by atoms with E-state index in [9.17, 15) is 9.59 Å². The number of anilines is 2. The van der Waals surface area contributed by atoms with Crippen LogP contribution in [-0.2, 0) is 20.7 Å². The fraction of sp³-hybridized carbons (Fsp3) is 0.310. The van der Waals surface area contributed by atoms with Gasteiger partial charge in [0, 0.05) is 49.1 Å². The van der Waals surface area contributed by atoms with Gasteiger partial charge in [0.1, 0.15) is 23.3 Å². The van der Waals surface area contributed by atoms with Crippen LogP contribution in [0.4, 0.5) is 16.3 Å². The first-order valence-corrected chi connectivity index (χ1v) is 15.0. The molecule has 7 rings (SSSR count). The average Bonchev–Trinajstić information content (AvgIpc) is 3.75. The number of rotatable bonds is 8. The molecule has 13 nitrogen and oxygen atoms in total. The van der Waals surface area contributed by atoms with Crippen molar-refractivity contribution in [2.75, 3.05) is 43.3 Å². The number of nitrogens with zero attached hydrogens (tertiary/aromatic N) is 6. The maximum Gasteiger partial charge on any atom is 0.412 e. The van der Waals surface area contributed by atoms with Gasteiger partial charge in [-0.15, -0.1) is 16.9 Å². The monoisotopic (exact) mass is 600 g/mol. The van der Waals surface area contributed by atoms with E-state index < -0.39 is 6.09 Å². The number of amides is 1. The number of ether oxygens (including phenoxy) is 3. The first-order chi connectivity index (χ1) is 21.1. The van der Waals surface area contributed by atoms with E-state index >= 15 is 0 Å². The molecule has 0 saturated carbocycles. The molecule has 0 radical (unpaired) electrons. The minimum Gasteiger partial charge on any atom is -0.494 e. The molecule has 1 aromatic carbocycles. The molecule has 2 N–H and O–H groups in total. The summed E-state index contributed by atoms with van der Waals surface area (Å²) in [7, 11) is 1.62. The Morgan fingerprint density at radius 3 is 3.05 bits per heavy atom. The summed E-state index contributed by atoms with van der Waals surface area (Å²) in [5.41, 5.74) is 5.70. The van der Waals surface area contributed by atoms with Crippen LogP contribution in [0.5, 0.6) is 5.75 Å². The fourth-order valence-electron chi connectivity index (χ4n) is 5.34. The van der Waals surface area contributed by atoms with Crippen molar-refractivity contribution in [2.45, 2.75) is 24.5 Å². The first kappa shape index (κ1) is 27.0. The van der Waals surface area contributed by atoms with E-state index in [-0.39, 0.29) is 17.8 Å². The van der Waals surface area contributed by atoms with Gasteiger partial charge in [-0.2, -0.15) is 5.10 Å². The van der Waals surface area contributed by atoms with Gasteiger partial charge in [0.05, 0.1) is 42.1 Å². The van der Waals surface area contributed by atoms with Gasteiger partial charge in [0.2, 0.25) is 0 Å². The van der Waals surface area contributed by atoms with Gasteiger partial charge >= 0.3 is 12.1 Å². The van der Waals surface area contributed by atoms with Crippen LogP contribution in [0.2, 0.25) is 0 Å². The molecular weight excluding hydrogens is 572 g/mol. The van der Waals surface area contributed by atoms with Gasteiger partial charge in [-0.3, -0.25) is 15.1 Å². The summed E-state index contributed by atoms with van der Waals surface area (Å²) in [6, 6.07) is 7.76. The molecule has 43 heavy (non-hydrogen) atoms. The van der Waals surface area contributed by atoms with Gasteiger partial charge in [0.15, 0.2) is 11.5 Å². The molecule has 2 aliphatic heterocycles. The number of nitrogens with one attached hydrogen (secondary N) is 2. The number of methoxy groups -OCH3 is 1. The number of aryl methyl sites for hydroxylation is 1. The highest BCUT2D eigenvalue weighted by molar-refractivity contribution is 8.00. The normalized spacial score (nSPS) is 16.1. The highest BCUT2D eigenvalue weighted by Gasteiger charge is 2.27. The van der Waals surface area contributed by atoms with Crippen molar-refractivity contribution in [1.82, 2.24) is 29.4 Å². The Balaban J connectivity index is 1.23. The molecule has 1 atom stereocenters. The molecule has 1 saturated heterocycles. The van der Waals surface area contributed by atoms with Gasteiger partial charge in [-0.25, -0.2) is 19.0 Å². The Morgan fingerprint density at radius 1 is 1.26 bits per heavy atom. The molecule has 4 aromatic heterocycles. The second-order valence-corrected chi connectivity index (χ2v) is 11.4. The van der Waals surface area contributed by atoms with Crippen LogP contribution in [0, 0.1) is 0 Å². The summed E-state index contributed by atoms with van der Waals surface area (Å²) in [5.74, 6) is 1.18. The van der Waals surface area contributed by atoms with Crippen molar-refractivity contribution in [3.05, 3.63) is 54.6 Å². The third kappa shape index (κ3) is 5.18. The van der Waals surface area contributed by atoms with E-state index in [4.69, 9.17) is 19.3 Å². The van der Waals surface area contributed by atoms with Gasteiger partial charge < -0.3 is 19.5 Å². The minimum absolute atomic E-state index is 0.134. The van der Waals surface area contributed by atoms with Crippen LogP contribution in [0.3, 0.4) is 0 Å². The van der Waals surface area contributed by atoms with Gasteiger partial charge in [0.25, 0.3) is 0 Å². The molecule has 6 heterocycles. The molecule has 1 fully saturated rings. The molecule has 0 spiro atoms. The number of thioether (sulfide) groups is 1. The standard InChI is InChI=1S/C29H28N8O5S/c1-40-24-14-20-17(4-2-6-30-20)12-23(24)37-22-13-21(18-16-33-36-8-3-7-31-27(18)36)32-15-19(22)26(35-37)34-29(39)42-10-11-43-25-5-9-41-28(25)38/h3,7-8,12-16,25,30H,2,4-6,9-11H2,1H3,(H,34,35,39). The molecule has 220 valence electrons. The number of fused-ring (bicyclic) bond motifs is 3. The topological polar surface area (TPSA) is 147 Å². The molecular formula is C29H28N8O5S. The molecule has 1 unspecified atom stereocenters. The third-order valence-electron chi connectivity index (χ3n) is 7.44. The van der Waals surface area contributed by atoms with Crippen molar-refractivity contribution in [3.8, 4) is 22.7 Å². The number of esters is 1. The molecule has 5 aromatic rings. The summed E-state index contributed by atoms with van der Waals surface area (Å²) in [6.45, 7) is 1.47. The molecule has 1 amide bonds. The summed E-state index contributed by atoms with van der Waals surface area (Å²) in [5, 5.41) is 15.8. The molecule has 14 heteroatoms. The molecule has 0 aliphatic carbocycles. The van der Waals surface area contributed by atoms with Crippen LogP contribution in [0.25, 0.3) is 33.5 Å². The van der Waals surface area contributed by atoms with E-state index in [1.54, 1.807) is 34.9 Å². The lowest BCUT2D eigenvalue weighted by atomic mass is 10.0. The largest absolute Gasteiger partial charge is 0.494 e. The first-order valence-electron chi connectivity index (χ1n) is 13.9. The quantitative estimate of drug-likeness (QED) is 0.196. The van der Waals surface area contributed by atoms with Crippen LogP contribution >= 0.6 is 11.8 Å². The van der Waals surface area contributed by atoms with E-state index in [2.05, 4.69) is 31.8 Å². The SMILES string of the molecule is COc1cc2c(cc1-n1nc(NC(=O)OCCSC3CCOC3=O)c3cnc(-c4cnn5cccnc45)cc31)CCCN2. The van der Waals surface area contributed by atoms with Crippen LogP contribution < -0.4 is 15.4 Å². The lowest BCUT2D eigenvalue weighted by molar-refractivity contribution is -0.137. The lowest BCUT2D eigenvalue weighted by Gasteiger charge is -2.21. The van der Waals surface area contributed by atoms with E-state index in [0.29, 0.717) is 52.6 Å². The number of benzene rings is 1. The predicted molar refractivity (Wildman–Crippen MR) is 161 cm³/mol. The molecule has 2 aliphatic rings. The third-order valence-corrected chi connectivity index (χ3v) is 8.67. The predicted octanol–water partition coefficient (Wildman–Crippen LogP) is 4.09. The second kappa shape index (κ2) is 11.4. The van der Waals surface area contributed by atoms with E-state index in [0.717, 1.165) is 41.9 Å². The van der Waals surface area contributed by atoms with E-state index in [1.165, 1.54) is 11.8 Å². The van der Waals surface area contributed by atoms with Gasteiger partial charge in [-0.05, 0) is 36.6 Å². The highest BCUT2D eigenvalue weighted by Crippen LogP contribution is 2.37. The summed E-state index contributed by atoms with van der Waals surface area (Å²) < 4.78 is 19.6. The summed E-state index contributed by atoms with van der Waals surface area (Å²) >= 11 is 1.42. The Bertz CT molecular complexity index is 1850. The number of pyridine rings is 1. The maximum absolute atomic E-state index is 12.8. The number of hydrogen-bond acceptors (Lipinski definition) is 11. The van der Waals surface area contributed by atoms with Crippen molar-refractivity contribution in [2.24, 2.45) is 0 Å².